The van der Waals surface area contributed by atoms with Crippen LogP contribution in [-0.4, -0.2) is 37.0 Å². The summed E-state index contributed by atoms with van der Waals surface area (Å²) in [5.41, 5.74) is 0. The molecule has 3 nitrogen and oxygen atoms in total. The van der Waals surface area contributed by atoms with Crippen molar-refractivity contribution in [2.45, 2.75) is 51.7 Å². The quantitative estimate of drug-likeness (QED) is 0.604. The number of aliphatic hydroxyl groups is 1. The lowest BCUT2D eigenvalue weighted by atomic mass is 9.83. The fraction of sp³-hybridized carbons (Fsp3) is 1.00. The number of ether oxygens (including phenoxy) is 1. The third-order valence-corrected chi connectivity index (χ3v) is 2.97. The van der Waals surface area contributed by atoms with Crippen molar-refractivity contribution in [3.63, 3.8) is 0 Å². The van der Waals surface area contributed by atoms with Crippen LogP contribution < -0.4 is 5.32 Å². The molecule has 1 unspecified atom stereocenters. The smallest absolute Gasteiger partial charge is 0.0897 e. The highest BCUT2D eigenvalue weighted by molar-refractivity contribution is 4.69. The van der Waals surface area contributed by atoms with Crippen molar-refractivity contribution >= 4 is 0 Å². The molecule has 0 amide bonds. The maximum Gasteiger partial charge on any atom is 0.0897 e. The SMILES string of the molecule is CC(C)NCC(O)COCCC1CCC1. The second kappa shape index (κ2) is 7.20. The predicted molar refractivity (Wildman–Crippen MR) is 61.9 cm³/mol. The fourth-order valence-electron chi connectivity index (χ4n) is 1.68. The Kier molecular flexibility index (Phi) is 6.22. The van der Waals surface area contributed by atoms with E-state index < -0.39 is 0 Å². The Bertz CT molecular complexity index is 158. The van der Waals surface area contributed by atoms with E-state index in [1.165, 1.54) is 25.7 Å². The molecule has 1 rings (SSSR count). The Labute approximate surface area is 93.2 Å². The van der Waals surface area contributed by atoms with Crippen LogP contribution >= 0.6 is 0 Å². The minimum Gasteiger partial charge on any atom is -0.389 e. The molecule has 90 valence electrons. The molecule has 1 atom stereocenters. The molecule has 0 aromatic heterocycles. The minimum atomic E-state index is -0.367. The van der Waals surface area contributed by atoms with Crippen LogP contribution in [-0.2, 0) is 4.74 Å². The van der Waals surface area contributed by atoms with E-state index in [0.717, 1.165) is 12.5 Å². The van der Waals surface area contributed by atoms with Crippen molar-refractivity contribution < 1.29 is 9.84 Å². The van der Waals surface area contributed by atoms with Gasteiger partial charge in [-0.2, -0.15) is 0 Å². The summed E-state index contributed by atoms with van der Waals surface area (Å²) in [5, 5.41) is 12.7. The third-order valence-electron chi connectivity index (χ3n) is 2.97. The Morgan fingerprint density at radius 2 is 2.13 bits per heavy atom. The van der Waals surface area contributed by atoms with Gasteiger partial charge in [-0.1, -0.05) is 33.1 Å². The Balaban J connectivity index is 1.85. The Morgan fingerprint density at radius 1 is 1.40 bits per heavy atom. The van der Waals surface area contributed by atoms with Crippen molar-refractivity contribution in [3.05, 3.63) is 0 Å². The van der Waals surface area contributed by atoms with Crippen molar-refractivity contribution in [3.8, 4) is 0 Å². The molecule has 2 N–H and O–H groups in total. The molecule has 1 aliphatic carbocycles. The van der Waals surface area contributed by atoms with Gasteiger partial charge in [-0.15, -0.1) is 0 Å². The summed E-state index contributed by atoms with van der Waals surface area (Å²) in [5.74, 6) is 0.899. The van der Waals surface area contributed by atoms with Gasteiger partial charge in [-0.05, 0) is 12.3 Å². The normalized spacial score (nSPS) is 19.2. The molecule has 15 heavy (non-hydrogen) atoms. The van der Waals surface area contributed by atoms with E-state index in [1.54, 1.807) is 0 Å². The zero-order valence-electron chi connectivity index (χ0n) is 10.0. The second-order valence-electron chi connectivity index (χ2n) is 4.88. The molecule has 3 heteroatoms. The monoisotopic (exact) mass is 215 g/mol. The summed E-state index contributed by atoms with van der Waals surface area (Å²) in [6, 6.07) is 0.426. The van der Waals surface area contributed by atoms with E-state index in [0.29, 0.717) is 19.2 Å². The largest absolute Gasteiger partial charge is 0.389 e. The lowest BCUT2D eigenvalue weighted by Gasteiger charge is -2.25. The summed E-state index contributed by atoms with van der Waals surface area (Å²) < 4.78 is 5.44. The van der Waals surface area contributed by atoms with Crippen LogP contribution in [0.2, 0.25) is 0 Å². The molecular weight excluding hydrogens is 190 g/mol. The topological polar surface area (TPSA) is 41.5 Å². The van der Waals surface area contributed by atoms with Gasteiger partial charge in [-0.3, -0.25) is 0 Å². The highest BCUT2D eigenvalue weighted by Gasteiger charge is 2.16. The summed E-state index contributed by atoms with van der Waals surface area (Å²) in [6.07, 6.45) is 4.95. The molecule has 0 bridgehead atoms. The van der Waals surface area contributed by atoms with E-state index in [-0.39, 0.29) is 6.10 Å². The number of hydrogen-bond acceptors (Lipinski definition) is 3. The highest BCUT2D eigenvalue weighted by atomic mass is 16.5. The first kappa shape index (κ1) is 12.9. The number of aliphatic hydroxyl groups excluding tert-OH is 1. The van der Waals surface area contributed by atoms with E-state index in [9.17, 15) is 5.11 Å². The predicted octanol–water partition coefficient (Wildman–Crippen LogP) is 1.55. The standard InChI is InChI=1S/C12H25NO2/c1-10(2)13-8-12(14)9-15-7-6-11-4-3-5-11/h10-14H,3-9H2,1-2H3. The lowest BCUT2D eigenvalue weighted by Crippen LogP contribution is -2.34. The van der Waals surface area contributed by atoms with Gasteiger partial charge in [0.05, 0.1) is 12.7 Å². The van der Waals surface area contributed by atoms with Gasteiger partial charge in [0.2, 0.25) is 0 Å². The highest BCUT2D eigenvalue weighted by Crippen LogP contribution is 2.28. The van der Waals surface area contributed by atoms with Gasteiger partial charge < -0.3 is 15.2 Å². The average Bonchev–Trinajstić information content (AvgIpc) is 2.11. The molecular formula is C12H25NO2. The summed E-state index contributed by atoms with van der Waals surface area (Å²) in [7, 11) is 0. The number of rotatable bonds is 8. The lowest BCUT2D eigenvalue weighted by molar-refractivity contribution is 0.0270. The first-order valence-corrected chi connectivity index (χ1v) is 6.17. The maximum atomic E-state index is 9.55. The number of hydrogen-bond donors (Lipinski definition) is 2. The molecule has 0 radical (unpaired) electrons. The third kappa shape index (κ3) is 6.13. The maximum absolute atomic E-state index is 9.55. The van der Waals surface area contributed by atoms with Crippen LogP contribution in [0.25, 0.3) is 0 Å². The molecule has 1 aliphatic rings. The molecule has 0 spiro atoms. The van der Waals surface area contributed by atoms with E-state index in [2.05, 4.69) is 19.2 Å². The van der Waals surface area contributed by atoms with Gasteiger partial charge in [0.1, 0.15) is 0 Å². The van der Waals surface area contributed by atoms with Crippen LogP contribution in [0.5, 0.6) is 0 Å². The summed E-state index contributed by atoms with van der Waals surface area (Å²) in [4.78, 5) is 0. The van der Waals surface area contributed by atoms with Gasteiger partial charge >= 0.3 is 0 Å². The Hall–Kier alpha value is -0.120. The Morgan fingerprint density at radius 3 is 2.67 bits per heavy atom. The van der Waals surface area contributed by atoms with Crippen LogP contribution in [0.4, 0.5) is 0 Å². The average molecular weight is 215 g/mol. The first-order valence-electron chi connectivity index (χ1n) is 6.17. The summed E-state index contributed by atoms with van der Waals surface area (Å²) >= 11 is 0. The van der Waals surface area contributed by atoms with Gasteiger partial charge in [0.25, 0.3) is 0 Å². The number of nitrogens with one attached hydrogen (secondary N) is 1. The van der Waals surface area contributed by atoms with E-state index in [4.69, 9.17) is 4.74 Å². The van der Waals surface area contributed by atoms with Crippen LogP contribution in [0.15, 0.2) is 0 Å². The van der Waals surface area contributed by atoms with E-state index >= 15 is 0 Å². The van der Waals surface area contributed by atoms with Gasteiger partial charge in [0.15, 0.2) is 0 Å². The van der Waals surface area contributed by atoms with Crippen molar-refractivity contribution in [1.82, 2.24) is 5.32 Å². The van der Waals surface area contributed by atoms with Crippen LogP contribution in [0, 0.1) is 5.92 Å². The molecule has 0 saturated heterocycles. The van der Waals surface area contributed by atoms with Gasteiger partial charge in [-0.25, -0.2) is 0 Å². The van der Waals surface area contributed by atoms with Crippen molar-refractivity contribution in [2.75, 3.05) is 19.8 Å². The first-order chi connectivity index (χ1) is 7.18. The molecule has 1 saturated carbocycles. The minimum absolute atomic E-state index is 0.367. The zero-order chi connectivity index (χ0) is 11.1. The van der Waals surface area contributed by atoms with Crippen LogP contribution in [0.1, 0.15) is 39.5 Å². The molecule has 0 aliphatic heterocycles. The second-order valence-corrected chi connectivity index (χ2v) is 4.88. The zero-order valence-corrected chi connectivity index (χ0v) is 10.0. The molecule has 0 heterocycles. The van der Waals surface area contributed by atoms with Crippen molar-refractivity contribution in [1.29, 1.82) is 0 Å². The molecule has 0 aromatic rings. The molecule has 0 aromatic carbocycles. The molecule has 1 fully saturated rings. The summed E-state index contributed by atoms with van der Waals surface area (Å²) in [6.45, 7) is 6.05. The van der Waals surface area contributed by atoms with E-state index in [1.807, 2.05) is 0 Å². The van der Waals surface area contributed by atoms with Gasteiger partial charge in [0, 0.05) is 19.2 Å². The van der Waals surface area contributed by atoms with Crippen LogP contribution in [0.3, 0.4) is 0 Å². The fourth-order valence-corrected chi connectivity index (χ4v) is 1.68. The van der Waals surface area contributed by atoms with Crippen molar-refractivity contribution in [2.24, 2.45) is 5.92 Å².